The average Bonchev–Trinajstić information content (AvgIpc) is 3.11. The first-order valence-corrected chi connectivity index (χ1v) is 35.6. The first-order chi connectivity index (χ1) is 27.7. The van der Waals surface area contributed by atoms with Crippen molar-refractivity contribution >= 4 is 45.2 Å². The molecule has 360 valence electrons. The second-order valence-electron chi connectivity index (χ2n) is 26.7. The molecule has 4 aliphatic rings. The molecule has 2 aliphatic heterocycles. The summed E-state index contributed by atoms with van der Waals surface area (Å²) < 4.78 is 38.4. The molecular weight excluding hydrogens is 841 g/mol. The van der Waals surface area contributed by atoms with E-state index in [1.165, 1.54) is 0 Å². The minimum atomic E-state index is -1.90. The van der Waals surface area contributed by atoms with E-state index in [0.29, 0.717) is 26.4 Å². The molecule has 4 rings (SSSR count). The highest BCUT2D eigenvalue weighted by molar-refractivity contribution is 6.75. The number of hydrogen-bond acceptors (Lipinski definition) is 8. The second-order valence-corrected chi connectivity index (χ2v) is 45.9. The fraction of sp³-hybridized carbons (Fsp3) is 0.880. The van der Waals surface area contributed by atoms with Crippen molar-refractivity contribution in [3.8, 4) is 0 Å². The van der Waals surface area contributed by atoms with Gasteiger partial charge in [-0.05, 0) is 109 Å². The highest BCUT2D eigenvalue weighted by Gasteiger charge is 2.56. The van der Waals surface area contributed by atoms with Crippen molar-refractivity contribution in [2.75, 3.05) is 39.6 Å². The first-order valence-electron chi connectivity index (χ1n) is 24.0. The number of hydrogen-bond donors (Lipinski definition) is 0. The highest BCUT2D eigenvalue weighted by Crippen LogP contribution is 2.57. The Labute approximate surface area is 385 Å². The van der Waals surface area contributed by atoms with Gasteiger partial charge in [-0.25, -0.2) is 9.59 Å². The van der Waals surface area contributed by atoms with Crippen LogP contribution in [0.4, 0.5) is 0 Å². The number of rotatable bonds is 12. The molecule has 0 N–H and O–H groups in total. The van der Waals surface area contributed by atoms with Crippen LogP contribution in [-0.2, 0) is 36.8 Å². The lowest BCUT2D eigenvalue weighted by Gasteiger charge is -2.54. The number of esters is 2. The molecule has 2 fully saturated rings. The number of ether oxygens (including phenoxy) is 2. The molecule has 0 aromatic carbocycles. The van der Waals surface area contributed by atoms with Gasteiger partial charge in [-0.2, -0.15) is 0 Å². The smallest absolute Gasteiger partial charge is 0.330 e. The van der Waals surface area contributed by atoms with Crippen molar-refractivity contribution in [2.45, 2.75) is 208 Å². The van der Waals surface area contributed by atoms with Crippen molar-refractivity contribution in [2.24, 2.45) is 33.5 Å². The van der Waals surface area contributed by atoms with E-state index in [9.17, 15) is 9.59 Å². The fourth-order valence-electron chi connectivity index (χ4n) is 8.76. The van der Waals surface area contributed by atoms with Crippen molar-refractivity contribution in [1.82, 2.24) is 0 Å². The van der Waals surface area contributed by atoms with Gasteiger partial charge in [0.25, 0.3) is 0 Å². The zero-order chi connectivity index (χ0) is 47.9. The summed E-state index contributed by atoms with van der Waals surface area (Å²) in [5.74, 6) is 0.0768. The van der Waals surface area contributed by atoms with Crippen molar-refractivity contribution in [1.29, 1.82) is 0 Å². The molecule has 0 radical (unpaired) electrons. The van der Waals surface area contributed by atoms with E-state index in [4.69, 9.17) is 27.2 Å². The minimum absolute atomic E-state index is 0.00970. The molecule has 0 bridgehead atoms. The van der Waals surface area contributed by atoms with Crippen LogP contribution in [0, 0.1) is 33.5 Å². The number of carbonyl (C=O) groups is 2. The third-order valence-corrected chi connectivity index (χ3v) is 35.8. The quantitative estimate of drug-likeness (QED) is 0.141. The highest BCUT2D eigenvalue weighted by atomic mass is 28.4. The molecule has 2 saturated carbocycles. The van der Waals surface area contributed by atoms with Crippen LogP contribution in [0.3, 0.4) is 0 Å². The van der Waals surface area contributed by atoms with Crippen LogP contribution in [0.5, 0.6) is 0 Å². The monoisotopic (exact) mass is 937 g/mol. The number of carbonyl (C=O) groups excluding carboxylic acids is 2. The normalized spacial score (nSPS) is 30.5. The molecular formula is C50H96O8Si4. The summed E-state index contributed by atoms with van der Waals surface area (Å²) in [5.41, 5.74) is -0.325. The molecule has 12 heteroatoms. The molecule has 0 saturated heterocycles. The summed E-state index contributed by atoms with van der Waals surface area (Å²) in [4.78, 5) is 23.6. The summed E-state index contributed by atoms with van der Waals surface area (Å²) in [6.07, 6.45) is 14.1. The molecule has 0 unspecified atom stereocenters. The summed E-state index contributed by atoms with van der Waals surface area (Å²) >= 11 is 0. The lowest BCUT2D eigenvalue weighted by molar-refractivity contribution is -0.150. The second kappa shape index (κ2) is 19.0. The topological polar surface area (TPSA) is 89.5 Å². The van der Waals surface area contributed by atoms with Gasteiger partial charge in [0.2, 0.25) is 0 Å². The van der Waals surface area contributed by atoms with Crippen LogP contribution < -0.4 is 0 Å². The van der Waals surface area contributed by atoms with Crippen LogP contribution in [0.1, 0.15) is 135 Å². The zero-order valence-electron chi connectivity index (χ0n) is 44.2. The van der Waals surface area contributed by atoms with E-state index >= 15 is 0 Å². The maximum atomic E-state index is 11.8. The van der Waals surface area contributed by atoms with Gasteiger partial charge in [0, 0.05) is 61.2 Å². The summed E-state index contributed by atoms with van der Waals surface area (Å²) in [5, 5.41) is 0.696. The summed E-state index contributed by atoms with van der Waals surface area (Å²) in [6.45, 7) is 54.7. The standard InChI is InChI=1S/2C25H48O4Si2/c2*1-22(2,3)30(8,9)28-17-20-24(7,18-29-31(10,11)23(4,5)6)14-12-15-25(20)16-13-21(26)27-19-25/h2*13,16,20H,12,14-15,17-19H2,1-11H3/t2*20-,24+,25+/m10/s1. The Morgan fingerprint density at radius 2 is 0.774 bits per heavy atom. The van der Waals surface area contributed by atoms with E-state index in [1.807, 2.05) is 0 Å². The maximum absolute atomic E-state index is 11.8. The first kappa shape index (κ1) is 55.5. The van der Waals surface area contributed by atoms with Crippen molar-refractivity contribution in [3.05, 3.63) is 24.3 Å². The van der Waals surface area contributed by atoms with Gasteiger partial charge in [-0.1, -0.05) is 122 Å². The van der Waals surface area contributed by atoms with Crippen LogP contribution in [0.2, 0.25) is 72.5 Å². The van der Waals surface area contributed by atoms with Crippen LogP contribution in [-0.4, -0.2) is 84.8 Å². The molecule has 2 spiro atoms. The fourth-order valence-corrected chi connectivity index (χ4v) is 13.0. The predicted molar refractivity (Wildman–Crippen MR) is 269 cm³/mol. The Kier molecular flexibility index (Phi) is 17.0. The van der Waals surface area contributed by atoms with E-state index < -0.39 is 33.3 Å². The van der Waals surface area contributed by atoms with E-state index in [-0.39, 0.29) is 65.6 Å². The SMILES string of the molecule is CC(C)(C)[Si](C)(C)OC[C@@H]1[C@](C)(CO[Si](C)(C)C(C)(C)C)CCC[C@@]12C=CC(=O)OC2.CC(C)(C)[Si](C)(C)OC[C@H]1[C@@](C)(CO[Si](C)(C)C(C)(C)C)CCC[C@]12C=CC(=O)OC2. The molecule has 0 amide bonds. The van der Waals surface area contributed by atoms with E-state index in [2.05, 4.69) is 161 Å². The van der Waals surface area contributed by atoms with Crippen molar-refractivity contribution in [3.63, 3.8) is 0 Å². The van der Waals surface area contributed by atoms with Gasteiger partial charge in [0.05, 0.1) is 0 Å². The van der Waals surface area contributed by atoms with Gasteiger partial charge in [0.15, 0.2) is 33.3 Å². The molecule has 2 heterocycles. The van der Waals surface area contributed by atoms with Gasteiger partial charge >= 0.3 is 11.9 Å². The van der Waals surface area contributed by atoms with Crippen LogP contribution >= 0.6 is 0 Å². The summed E-state index contributed by atoms with van der Waals surface area (Å²) in [6, 6.07) is 0. The largest absolute Gasteiger partial charge is 0.462 e. The molecule has 0 aromatic rings. The van der Waals surface area contributed by atoms with Crippen LogP contribution in [0.25, 0.3) is 0 Å². The molecule has 0 aromatic heterocycles. The summed E-state index contributed by atoms with van der Waals surface area (Å²) in [7, 11) is -7.52. The van der Waals surface area contributed by atoms with Crippen molar-refractivity contribution < 1.29 is 36.8 Å². The van der Waals surface area contributed by atoms with Crippen LogP contribution in [0.15, 0.2) is 24.3 Å². The molecule has 62 heavy (non-hydrogen) atoms. The predicted octanol–water partition coefficient (Wildman–Crippen LogP) is 13.9. The van der Waals surface area contributed by atoms with Gasteiger partial charge in [-0.3, -0.25) is 0 Å². The van der Waals surface area contributed by atoms with Gasteiger partial charge in [0.1, 0.15) is 13.2 Å². The van der Waals surface area contributed by atoms with E-state index in [1.54, 1.807) is 12.2 Å². The minimum Gasteiger partial charge on any atom is -0.462 e. The number of cyclic esters (lactones) is 2. The lowest BCUT2D eigenvalue weighted by atomic mass is 9.55. The zero-order valence-corrected chi connectivity index (χ0v) is 48.2. The Morgan fingerprint density at radius 3 is 1.02 bits per heavy atom. The van der Waals surface area contributed by atoms with Gasteiger partial charge in [-0.15, -0.1) is 0 Å². The molecule has 6 atom stereocenters. The maximum Gasteiger partial charge on any atom is 0.330 e. The third kappa shape index (κ3) is 12.8. The average molecular weight is 938 g/mol. The van der Waals surface area contributed by atoms with E-state index in [0.717, 1.165) is 51.7 Å². The molecule has 8 nitrogen and oxygen atoms in total. The Hall–Kier alpha value is -0.872. The molecule has 2 aliphatic carbocycles. The lowest BCUT2D eigenvalue weighted by Crippen LogP contribution is -2.55. The Balaban J connectivity index is 0.000000330. The Bertz CT molecular complexity index is 1490. The van der Waals surface area contributed by atoms with Gasteiger partial charge < -0.3 is 27.2 Å². The third-order valence-electron chi connectivity index (χ3n) is 17.9. The Morgan fingerprint density at radius 1 is 0.500 bits per heavy atom.